The van der Waals surface area contributed by atoms with Gasteiger partial charge in [0.1, 0.15) is 0 Å². The number of hydrogen-bond donors (Lipinski definition) is 1. The molecule has 17 heavy (non-hydrogen) atoms. The molecule has 0 heterocycles. The molecule has 4 heteroatoms. The van der Waals surface area contributed by atoms with Crippen molar-refractivity contribution in [2.75, 3.05) is 19.0 Å². The molecule has 0 aliphatic carbocycles. The number of aliphatic carboxylic acids is 1. The molecular formula is C13H18ClNO2. The highest BCUT2D eigenvalue weighted by molar-refractivity contribution is 6.18. The quantitative estimate of drug-likeness (QED) is 0.761. The van der Waals surface area contributed by atoms with Crippen molar-refractivity contribution in [2.45, 2.75) is 19.9 Å². The monoisotopic (exact) mass is 255 g/mol. The molecule has 0 aliphatic rings. The first kappa shape index (κ1) is 14.0. The highest BCUT2D eigenvalue weighted by atomic mass is 35.5. The Morgan fingerprint density at radius 1 is 1.35 bits per heavy atom. The highest BCUT2D eigenvalue weighted by Gasteiger charge is 2.09. The fraction of sp³-hybridized carbons (Fsp3) is 0.462. The molecule has 0 amide bonds. The Kier molecular flexibility index (Phi) is 6.01. The second-order valence-electron chi connectivity index (χ2n) is 3.90. The third-order valence-corrected chi connectivity index (χ3v) is 2.87. The highest BCUT2D eigenvalue weighted by Crippen LogP contribution is 2.12. The average Bonchev–Trinajstić information content (AvgIpc) is 2.30. The van der Waals surface area contributed by atoms with Crippen molar-refractivity contribution < 1.29 is 9.90 Å². The van der Waals surface area contributed by atoms with Crippen molar-refractivity contribution >= 4 is 17.6 Å². The topological polar surface area (TPSA) is 40.5 Å². The number of halogens is 1. The van der Waals surface area contributed by atoms with Crippen LogP contribution in [0.5, 0.6) is 0 Å². The summed E-state index contributed by atoms with van der Waals surface area (Å²) in [7, 11) is 0. The van der Waals surface area contributed by atoms with E-state index in [1.54, 1.807) is 0 Å². The van der Waals surface area contributed by atoms with Gasteiger partial charge in [-0.1, -0.05) is 31.2 Å². The summed E-state index contributed by atoms with van der Waals surface area (Å²) in [6, 6.07) is 7.67. The smallest absolute Gasteiger partial charge is 0.307 e. The number of carboxylic acids is 1. The minimum absolute atomic E-state index is 0.0780. The first-order valence-corrected chi connectivity index (χ1v) is 6.27. The number of rotatable bonds is 7. The van der Waals surface area contributed by atoms with E-state index >= 15 is 0 Å². The number of carboxylic acid groups (broad SMARTS) is 1. The summed E-state index contributed by atoms with van der Waals surface area (Å²) in [6.07, 6.45) is 0.0780. The van der Waals surface area contributed by atoms with Crippen LogP contribution in [0.2, 0.25) is 0 Å². The van der Waals surface area contributed by atoms with E-state index in [0.717, 1.165) is 30.8 Å². The van der Waals surface area contributed by atoms with E-state index in [4.69, 9.17) is 16.7 Å². The molecule has 0 bridgehead atoms. The third-order valence-electron chi connectivity index (χ3n) is 2.70. The van der Waals surface area contributed by atoms with Crippen LogP contribution in [0.15, 0.2) is 24.3 Å². The molecule has 3 nitrogen and oxygen atoms in total. The number of hydrogen-bond acceptors (Lipinski definition) is 2. The molecule has 1 aromatic rings. The average molecular weight is 256 g/mol. The molecule has 94 valence electrons. The van der Waals surface area contributed by atoms with Crippen LogP contribution in [0.4, 0.5) is 0 Å². The lowest BCUT2D eigenvalue weighted by atomic mass is 10.0. The van der Waals surface area contributed by atoms with Gasteiger partial charge in [-0.2, -0.15) is 0 Å². The minimum Gasteiger partial charge on any atom is -0.481 e. The molecule has 0 unspecified atom stereocenters. The largest absolute Gasteiger partial charge is 0.481 e. The summed E-state index contributed by atoms with van der Waals surface area (Å²) in [5.41, 5.74) is 1.95. The third kappa shape index (κ3) is 4.75. The Bertz CT molecular complexity index is 368. The Balaban J connectivity index is 2.77. The Hall–Kier alpha value is -1.06. The van der Waals surface area contributed by atoms with Crippen molar-refractivity contribution in [1.82, 2.24) is 4.90 Å². The lowest BCUT2D eigenvalue weighted by molar-refractivity contribution is -0.136. The normalized spacial score (nSPS) is 10.8. The molecule has 0 spiro atoms. The minimum atomic E-state index is -0.794. The van der Waals surface area contributed by atoms with Crippen molar-refractivity contribution in [1.29, 1.82) is 0 Å². The predicted octanol–water partition coefficient (Wildman–Crippen LogP) is 2.37. The van der Waals surface area contributed by atoms with Gasteiger partial charge in [0.25, 0.3) is 0 Å². The van der Waals surface area contributed by atoms with Gasteiger partial charge in [-0.25, -0.2) is 0 Å². The lowest BCUT2D eigenvalue weighted by Crippen LogP contribution is -2.25. The zero-order chi connectivity index (χ0) is 12.7. The van der Waals surface area contributed by atoms with E-state index in [0.29, 0.717) is 5.88 Å². The lowest BCUT2D eigenvalue weighted by Gasteiger charge is -2.20. The molecule has 0 fully saturated rings. The van der Waals surface area contributed by atoms with Crippen LogP contribution < -0.4 is 0 Å². The number of carbonyl (C=O) groups is 1. The second-order valence-corrected chi connectivity index (χ2v) is 4.27. The molecule has 0 saturated heterocycles. The van der Waals surface area contributed by atoms with Crippen LogP contribution in [0.1, 0.15) is 18.1 Å². The van der Waals surface area contributed by atoms with E-state index in [1.807, 2.05) is 24.3 Å². The van der Waals surface area contributed by atoms with E-state index in [-0.39, 0.29) is 6.42 Å². The SMILES string of the molecule is CCN(CCCl)Cc1ccccc1CC(=O)O. The number of nitrogens with zero attached hydrogens (tertiary/aromatic N) is 1. The van der Waals surface area contributed by atoms with Gasteiger partial charge < -0.3 is 5.11 Å². The van der Waals surface area contributed by atoms with Crippen LogP contribution in [0.25, 0.3) is 0 Å². The van der Waals surface area contributed by atoms with Gasteiger partial charge in [0.15, 0.2) is 0 Å². The van der Waals surface area contributed by atoms with E-state index in [2.05, 4.69) is 11.8 Å². The summed E-state index contributed by atoms with van der Waals surface area (Å²) < 4.78 is 0. The summed E-state index contributed by atoms with van der Waals surface area (Å²) >= 11 is 5.73. The van der Waals surface area contributed by atoms with Crippen LogP contribution >= 0.6 is 11.6 Å². The van der Waals surface area contributed by atoms with E-state index in [1.165, 1.54) is 0 Å². The standard InChI is InChI=1S/C13H18ClNO2/c1-2-15(8-7-14)10-12-6-4-3-5-11(12)9-13(16)17/h3-6H,2,7-10H2,1H3,(H,16,17). The fourth-order valence-electron chi connectivity index (χ4n) is 1.76. The Labute approximate surface area is 107 Å². The maximum Gasteiger partial charge on any atom is 0.307 e. The van der Waals surface area contributed by atoms with Gasteiger partial charge in [-0.15, -0.1) is 11.6 Å². The second kappa shape index (κ2) is 7.30. The molecular weight excluding hydrogens is 238 g/mol. The maximum atomic E-state index is 10.8. The summed E-state index contributed by atoms with van der Waals surface area (Å²) in [4.78, 5) is 13.0. The molecule has 0 radical (unpaired) electrons. The molecule has 0 atom stereocenters. The molecule has 0 aromatic heterocycles. The molecule has 0 saturated carbocycles. The predicted molar refractivity (Wildman–Crippen MR) is 69.5 cm³/mol. The molecule has 1 rings (SSSR count). The van der Waals surface area contributed by atoms with Crippen molar-refractivity contribution in [3.8, 4) is 0 Å². The zero-order valence-corrected chi connectivity index (χ0v) is 10.8. The summed E-state index contributed by atoms with van der Waals surface area (Å²) in [5, 5.41) is 8.85. The fourth-order valence-corrected chi connectivity index (χ4v) is 2.00. The van der Waals surface area contributed by atoms with Gasteiger partial charge in [0.05, 0.1) is 6.42 Å². The van der Waals surface area contributed by atoms with Gasteiger partial charge in [-0.05, 0) is 17.7 Å². The number of alkyl halides is 1. The van der Waals surface area contributed by atoms with Crippen molar-refractivity contribution in [2.24, 2.45) is 0 Å². The summed E-state index contributed by atoms with van der Waals surface area (Å²) in [5.74, 6) is -0.201. The van der Waals surface area contributed by atoms with Crippen molar-refractivity contribution in [3.63, 3.8) is 0 Å². The van der Waals surface area contributed by atoms with Crippen LogP contribution in [0.3, 0.4) is 0 Å². The van der Waals surface area contributed by atoms with Crippen LogP contribution in [-0.4, -0.2) is 34.9 Å². The molecule has 1 N–H and O–H groups in total. The first-order valence-electron chi connectivity index (χ1n) is 5.74. The van der Waals surface area contributed by atoms with Gasteiger partial charge in [0, 0.05) is 19.0 Å². The van der Waals surface area contributed by atoms with Crippen molar-refractivity contribution in [3.05, 3.63) is 35.4 Å². The molecule has 1 aromatic carbocycles. The van der Waals surface area contributed by atoms with Crippen LogP contribution in [0, 0.1) is 0 Å². The van der Waals surface area contributed by atoms with Gasteiger partial charge in [-0.3, -0.25) is 9.69 Å². The van der Waals surface area contributed by atoms with E-state index < -0.39 is 5.97 Å². The Morgan fingerprint density at radius 3 is 2.53 bits per heavy atom. The van der Waals surface area contributed by atoms with Gasteiger partial charge in [0.2, 0.25) is 0 Å². The first-order chi connectivity index (χ1) is 8.17. The summed E-state index contributed by atoms with van der Waals surface area (Å²) in [6.45, 7) is 4.56. The van der Waals surface area contributed by atoms with Crippen LogP contribution in [-0.2, 0) is 17.8 Å². The maximum absolute atomic E-state index is 10.8. The van der Waals surface area contributed by atoms with Gasteiger partial charge >= 0.3 is 5.97 Å². The number of benzene rings is 1. The molecule has 0 aliphatic heterocycles. The Morgan fingerprint density at radius 2 is 2.00 bits per heavy atom. The van der Waals surface area contributed by atoms with E-state index in [9.17, 15) is 4.79 Å². The zero-order valence-electron chi connectivity index (χ0n) is 10.0.